The number of rotatable bonds is 3. The molecular formula is C10H14FNO3. The van der Waals surface area contributed by atoms with Gasteiger partial charge < -0.3 is 15.9 Å². The zero-order valence-electron chi connectivity index (χ0n) is 8.35. The van der Waals surface area contributed by atoms with Gasteiger partial charge in [-0.25, -0.2) is 4.39 Å². The predicted octanol–water partition coefficient (Wildman–Crippen LogP) is 1.00. The highest BCUT2D eigenvalue weighted by molar-refractivity contribution is 5.70. The first kappa shape index (κ1) is 11.7. The summed E-state index contributed by atoms with van der Waals surface area (Å²) in [7, 11) is 0. The molecule has 0 heterocycles. The summed E-state index contributed by atoms with van der Waals surface area (Å²) in [5.41, 5.74) is 4.06. The maximum absolute atomic E-state index is 12.8. The number of hydrogen-bond acceptors (Lipinski definition) is 3. The van der Waals surface area contributed by atoms with E-state index < -0.39 is 30.0 Å². The fourth-order valence-electron chi connectivity index (χ4n) is 1.69. The molecule has 0 spiro atoms. The van der Waals surface area contributed by atoms with E-state index in [4.69, 9.17) is 10.8 Å². The quantitative estimate of drug-likeness (QED) is 0.655. The summed E-state index contributed by atoms with van der Waals surface area (Å²) in [6.07, 6.45) is 4.28. The molecule has 15 heavy (non-hydrogen) atoms. The second-order valence-electron chi connectivity index (χ2n) is 3.76. The molecule has 84 valence electrons. The average Bonchev–Trinajstić information content (AvgIpc) is 2.21. The van der Waals surface area contributed by atoms with E-state index in [-0.39, 0.29) is 5.76 Å². The molecule has 0 aromatic carbocycles. The van der Waals surface area contributed by atoms with Gasteiger partial charge in [-0.15, -0.1) is 0 Å². The number of allylic oxidation sites excluding steroid dienone is 2. The summed E-state index contributed by atoms with van der Waals surface area (Å²) in [4.78, 5) is 10.8. The Labute approximate surface area is 86.9 Å². The summed E-state index contributed by atoms with van der Waals surface area (Å²) in [6.45, 7) is 0.440. The van der Waals surface area contributed by atoms with Gasteiger partial charge in [-0.2, -0.15) is 0 Å². The van der Waals surface area contributed by atoms with E-state index in [9.17, 15) is 14.3 Å². The lowest BCUT2D eigenvalue weighted by molar-refractivity contribution is -0.143. The maximum atomic E-state index is 12.8. The monoisotopic (exact) mass is 215 g/mol. The Morgan fingerprint density at radius 3 is 2.87 bits per heavy atom. The molecule has 1 rings (SSSR count). The van der Waals surface area contributed by atoms with Crippen molar-refractivity contribution in [2.45, 2.75) is 12.5 Å². The van der Waals surface area contributed by atoms with Gasteiger partial charge in [0.25, 0.3) is 0 Å². The third kappa shape index (κ3) is 1.87. The van der Waals surface area contributed by atoms with Crippen LogP contribution in [-0.2, 0) is 4.79 Å². The number of halogens is 1. The van der Waals surface area contributed by atoms with Crippen LogP contribution in [0.2, 0.25) is 0 Å². The van der Waals surface area contributed by atoms with Crippen LogP contribution in [0.15, 0.2) is 24.0 Å². The van der Waals surface area contributed by atoms with Crippen LogP contribution in [0, 0.1) is 11.8 Å². The minimum atomic E-state index is -1.62. The van der Waals surface area contributed by atoms with Crippen molar-refractivity contribution in [1.82, 2.24) is 0 Å². The molecular weight excluding hydrogens is 201 g/mol. The third-order valence-corrected chi connectivity index (χ3v) is 2.79. The molecule has 0 aliphatic heterocycles. The van der Waals surface area contributed by atoms with Crippen LogP contribution in [-0.4, -0.2) is 28.4 Å². The Kier molecular flexibility index (Phi) is 3.14. The average molecular weight is 215 g/mol. The van der Waals surface area contributed by atoms with Gasteiger partial charge in [0.2, 0.25) is 0 Å². The van der Waals surface area contributed by atoms with Gasteiger partial charge in [0.1, 0.15) is 18.0 Å². The molecule has 0 radical (unpaired) electrons. The lowest BCUT2D eigenvalue weighted by atomic mass is 9.74. The number of nitrogens with two attached hydrogens (primary N) is 1. The van der Waals surface area contributed by atoms with Crippen molar-refractivity contribution in [1.29, 1.82) is 0 Å². The zero-order chi connectivity index (χ0) is 11.6. The van der Waals surface area contributed by atoms with Crippen LogP contribution in [0.25, 0.3) is 0 Å². The molecule has 5 heteroatoms. The van der Waals surface area contributed by atoms with Gasteiger partial charge >= 0.3 is 5.97 Å². The van der Waals surface area contributed by atoms with E-state index in [0.29, 0.717) is 0 Å². The minimum absolute atomic E-state index is 0.314. The first-order valence-electron chi connectivity index (χ1n) is 4.59. The first-order valence-corrected chi connectivity index (χ1v) is 4.59. The SMILES string of the molecule is CC(C(=O)O)C1C=CC=C(O)C1(N)CF. The van der Waals surface area contributed by atoms with Crippen LogP contribution in [0.4, 0.5) is 4.39 Å². The molecule has 4 nitrogen and oxygen atoms in total. The van der Waals surface area contributed by atoms with Gasteiger partial charge in [0.15, 0.2) is 0 Å². The minimum Gasteiger partial charge on any atom is -0.510 e. The van der Waals surface area contributed by atoms with E-state index in [1.54, 1.807) is 0 Å². The van der Waals surface area contributed by atoms with Gasteiger partial charge in [-0.05, 0) is 6.08 Å². The molecule has 0 saturated carbocycles. The normalized spacial score (nSPS) is 32.2. The summed E-state index contributed by atoms with van der Waals surface area (Å²) < 4.78 is 12.8. The molecule has 1 aliphatic rings. The van der Waals surface area contributed by atoms with Crippen molar-refractivity contribution in [3.63, 3.8) is 0 Å². The molecule has 0 fully saturated rings. The summed E-state index contributed by atoms with van der Waals surface area (Å²) >= 11 is 0. The van der Waals surface area contributed by atoms with Crippen LogP contribution in [0.1, 0.15) is 6.92 Å². The number of carbonyl (C=O) groups is 1. The van der Waals surface area contributed by atoms with Crippen molar-refractivity contribution in [2.75, 3.05) is 6.67 Å². The van der Waals surface area contributed by atoms with Crippen LogP contribution < -0.4 is 5.73 Å². The molecule has 4 N–H and O–H groups in total. The lowest BCUT2D eigenvalue weighted by Crippen LogP contribution is -2.54. The Morgan fingerprint density at radius 2 is 2.40 bits per heavy atom. The van der Waals surface area contributed by atoms with Crippen molar-refractivity contribution in [3.8, 4) is 0 Å². The summed E-state index contributed by atoms with van der Waals surface area (Å²) in [5.74, 6) is -2.98. The molecule has 0 aromatic heterocycles. The largest absolute Gasteiger partial charge is 0.510 e. The highest BCUT2D eigenvalue weighted by Gasteiger charge is 2.44. The first-order chi connectivity index (χ1) is 6.93. The maximum Gasteiger partial charge on any atom is 0.306 e. The predicted molar refractivity (Wildman–Crippen MR) is 53.0 cm³/mol. The number of carboxylic acids is 1. The van der Waals surface area contributed by atoms with Crippen molar-refractivity contribution in [3.05, 3.63) is 24.0 Å². The van der Waals surface area contributed by atoms with Gasteiger partial charge in [-0.3, -0.25) is 4.79 Å². The number of carboxylic acid groups (broad SMARTS) is 1. The molecule has 1 aliphatic carbocycles. The lowest BCUT2D eigenvalue weighted by Gasteiger charge is -2.36. The second-order valence-corrected chi connectivity index (χ2v) is 3.76. The Bertz CT molecular complexity index is 327. The number of hydrogen-bond donors (Lipinski definition) is 3. The fraction of sp³-hybridized carbons (Fsp3) is 0.500. The van der Waals surface area contributed by atoms with Gasteiger partial charge in [-0.1, -0.05) is 19.1 Å². The molecule has 0 bridgehead atoms. The second kappa shape index (κ2) is 4.02. The van der Waals surface area contributed by atoms with E-state index >= 15 is 0 Å². The topological polar surface area (TPSA) is 83.5 Å². The third-order valence-electron chi connectivity index (χ3n) is 2.79. The highest BCUT2D eigenvalue weighted by Crippen LogP contribution is 2.33. The molecule has 3 atom stereocenters. The van der Waals surface area contributed by atoms with Crippen LogP contribution in [0.3, 0.4) is 0 Å². The van der Waals surface area contributed by atoms with Crippen molar-refractivity contribution < 1.29 is 19.4 Å². The molecule has 0 amide bonds. The Balaban J connectivity index is 3.04. The van der Waals surface area contributed by atoms with Crippen LogP contribution >= 0.6 is 0 Å². The van der Waals surface area contributed by atoms with Gasteiger partial charge in [0.05, 0.1) is 5.92 Å². The number of alkyl halides is 1. The van der Waals surface area contributed by atoms with E-state index in [0.717, 1.165) is 0 Å². The van der Waals surface area contributed by atoms with Crippen LogP contribution in [0.5, 0.6) is 0 Å². The van der Waals surface area contributed by atoms with Gasteiger partial charge in [0, 0.05) is 5.92 Å². The Morgan fingerprint density at radius 1 is 1.80 bits per heavy atom. The van der Waals surface area contributed by atoms with E-state index in [2.05, 4.69) is 0 Å². The molecule has 0 saturated heterocycles. The van der Waals surface area contributed by atoms with E-state index in [1.807, 2.05) is 0 Å². The number of aliphatic hydroxyl groups excluding tert-OH is 1. The highest BCUT2D eigenvalue weighted by atomic mass is 19.1. The van der Waals surface area contributed by atoms with Crippen molar-refractivity contribution >= 4 is 5.97 Å². The Hall–Kier alpha value is -1.36. The standard InChI is InChI=1S/C10H14FNO3/c1-6(9(14)15)7-3-2-4-8(13)10(7,12)5-11/h2-4,6-7,13H,5,12H2,1H3,(H,14,15). The smallest absolute Gasteiger partial charge is 0.306 e. The molecule has 3 unspecified atom stereocenters. The van der Waals surface area contributed by atoms with E-state index in [1.165, 1.54) is 25.2 Å². The summed E-state index contributed by atoms with van der Waals surface area (Å²) in [5, 5.41) is 18.3. The molecule has 0 aromatic rings. The number of aliphatic hydroxyl groups is 1. The summed E-state index contributed by atoms with van der Waals surface area (Å²) in [6, 6.07) is 0. The van der Waals surface area contributed by atoms with Crippen molar-refractivity contribution in [2.24, 2.45) is 17.6 Å². The number of aliphatic carboxylic acids is 1. The zero-order valence-corrected chi connectivity index (χ0v) is 8.35. The fourth-order valence-corrected chi connectivity index (χ4v) is 1.69.